The molecule has 0 saturated carbocycles. The van der Waals surface area contributed by atoms with E-state index in [1.807, 2.05) is 0 Å². The summed E-state index contributed by atoms with van der Waals surface area (Å²) in [5.74, 6) is -1.40. The van der Waals surface area contributed by atoms with E-state index in [1.54, 1.807) is 6.92 Å². The zero-order valence-electron chi connectivity index (χ0n) is 6.99. The second-order valence-corrected chi connectivity index (χ2v) is 2.89. The fourth-order valence-electron chi connectivity index (χ4n) is 0.861. The Balaban J connectivity index is 3.83. The number of aliphatic hydroxyl groups excluding tert-OH is 1. The lowest BCUT2D eigenvalue weighted by Gasteiger charge is -2.15. The molecule has 0 fully saturated rings. The Kier molecular flexibility index (Phi) is 4.28. The predicted molar refractivity (Wildman–Crippen MR) is 42.8 cm³/mol. The molecule has 0 aromatic carbocycles. The van der Waals surface area contributed by atoms with Gasteiger partial charge in [0.2, 0.25) is 11.8 Å². The SMILES string of the molecule is C[C@H](CC(N)=O)[C@@H](O)CC(N)=O. The Bertz CT molecular complexity index is 161. The van der Waals surface area contributed by atoms with Crippen LogP contribution in [0.4, 0.5) is 0 Å². The maximum Gasteiger partial charge on any atom is 0.220 e. The highest BCUT2D eigenvalue weighted by Crippen LogP contribution is 2.10. The molecule has 5 nitrogen and oxygen atoms in total. The van der Waals surface area contributed by atoms with Gasteiger partial charge in [0.1, 0.15) is 0 Å². The van der Waals surface area contributed by atoms with Crippen LogP contribution in [0.5, 0.6) is 0 Å². The lowest BCUT2D eigenvalue weighted by Crippen LogP contribution is -2.28. The lowest BCUT2D eigenvalue weighted by molar-refractivity contribution is -0.123. The average molecular weight is 174 g/mol. The fraction of sp³-hybridized carbons (Fsp3) is 0.714. The van der Waals surface area contributed by atoms with Crippen LogP contribution in [0.1, 0.15) is 19.8 Å². The van der Waals surface area contributed by atoms with Crippen molar-refractivity contribution >= 4 is 11.8 Å². The number of hydrogen-bond acceptors (Lipinski definition) is 3. The smallest absolute Gasteiger partial charge is 0.220 e. The largest absolute Gasteiger partial charge is 0.392 e. The summed E-state index contributed by atoms with van der Waals surface area (Å²) in [6.07, 6.45) is -0.946. The summed E-state index contributed by atoms with van der Waals surface area (Å²) in [6.45, 7) is 1.64. The first kappa shape index (κ1) is 10.9. The Morgan fingerprint density at radius 1 is 1.25 bits per heavy atom. The molecule has 2 amide bonds. The molecule has 2 atom stereocenters. The molecule has 0 aliphatic heterocycles. The molecular formula is C7H14N2O3. The number of hydrogen-bond donors (Lipinski definition) is 3. The normalized spacial score (nSPS) is 15.2. The minimum atomic E-state index is -0.880. The van der Waals surface area contributed by atoms with Crippen LogP contribution in [0.25, 0.3) is 0 Å². The fourth-order valence-corrected chi connectivity index (χ4v) is 0.861. The zero-order chi connectivity index (χ0) is 9.72. The van der Waals surface area contributed by atoms with Gasteiger partial charge in [0.05, 0.1) is 12.5 Å². The molecule has 0 aliphatic carbocycles. The molecule has 0 aromatic rings. The summed E-state index contributed by atoms with van der Waals surface area (Å²) in [7, 11) is 0. The van der Waals surface area contributed by atoms with Gasteiger partial charge in [0.25, 0.3) is 0 Å². The van der Waals surface area contributed by atoms with Gasteiger partial charge in [0.15, 0.2) is 0 Å². The van der Waals surface area contributed by atoms with Gasteiger partial charge in [-0.2, -0.15) is 0 Å². The van der Waals surface area contributed by atoms with Crippen molar-refractivity contribution in [3.05, 3.63) is 0 Å². The van der Waals surface area contributed by atoms with Crippen molar-refractivity contribution < 1.29 is 14.7 Å². The van der Waals surface area contributed by atoms with Crippen LogP contribution in [-0.2, 0) is 9.59 Å². The highest BCUT2D eigenvalue weighted by Gasteiger charge is 2.17. The van der Waals surface area contributed by atoms with Crippen molar-refractivity contribution in [3.63, 3.8) is 0 Å². The van der Waals surface area contributed by atoms with Gasteiger partial charge >= 0.3 is 0 Å². The first-order valence-corrected chi connectivity index (χ1v) is 3.68. The van der Waals surface area contributed by atoms with Gasteiger partial charge in [-0.25, -0.2) is 0 Å². The first-order chi connectivity index (χ1) is 5.43. The molecule has 0 radical (unpaired) electrons. The molecule has 5 N–H and O–H groups in total. The van der Waals surface area contributed by atoms with Crippen molar-refractivity contribution in [1.29, 1.82) is 0 Å². The average Bonchev–Trinajstić information content (AvgIpc) is 1.84. The number of primary amides is 2. The third kappa shape index (κ3) is 4.68. The Morgan fingerprint density at radius 3 is 2.00 bits per heavy atom. The molecule has 5 heteroatoms. The Morgan fingerprint density at radius 2 is 1.67 bits per heavy atom. The topological polar surface area (TPSA) is 106 Å². The number of carbonyl (C=O) groups excluding carboxylic acids is 2. The maximum atomic E-state index is 10.4. The standard InChI is InChI=1S/C7H14N2O3/c1-4(2-6(8)11)5(10)3-7(9)12/h4-5,10H,2-3H2,1H3,(H2,8,11)(H2,9,12)/t4-,5+/m1/s1. The maximum absolute atomic E-state index is 10.4. The number of rotatable bonds is 5. The second kappa shape index (κ2) is 4.71. The van der Waals surface area contributed by atoms with Crippen molar-refractivity contribution in [2.45, 2.75) is 25.9 Å². The van der Waals surface area contributed by atoms with Crippen molar-refractivity contribution in [1.82, 2.24) is 0 Å². The summed E-state index contributed by atoms with van der Waals surface area (Å²) >= 11 is 0. The van der Waals surface area contributed by atoms with Gasteiger partial charge in [-0.15, -0.1) is 0 Å². The molecule has 0 bridgehead atoms. The van der Waals surface area contributed by atoms with Gasteiger partial charge in [-0.05, 0) is 5.92 Å². The number of nitrogens with two attached hydrogens (primary N) is 2. The quantitative estimate of drug-likeness (QED) is 0.484. The summed E-state index contributed by atoms with van der Waals surface area (Å²) in [5, 5.41) is 9.23. The van der Waals surface area contributed by atoms with E-state index in [-0.39, 0.29) is 18.8 Å². The molecular weight excluding hydrogens is 160 g/mol. The second-order valence-electron chi connectivity index (χ2n) is 2.89. The van der Waals surface area contributed by atoms with Crippen LogP contribution in [0.3, 0.4) is 0 Å². The van der Waals surface area contributed by atoms with E-state index < -0.39 is 17.9 Å². The van der Waals surface area contributed by atoms with Crippen molar-refractivity contribution in [2.24, 2.45) is 17.4 Å². The Labute approximate surface area is 70.7 Å². The predicted octanol–water partition coefficient (Wildman–Crippen LogP) is -1.27. The molecule has 0 heterocycles. The Hall–Kier alpha value is -1.10. The third-order valence-electron chi connectivity index (χ3n) is 1.59. The molecule has 0 rings (SSSR count). The van der Waals surface area contributed by atoms with Crippen LogP contribution in [0, 0.1) is 5.92 Å². The molecule has 0 aromatic heterocycles. The third-order valence-corrected chi connectivity index (χ3v) is 1.59. The minimum absolute atomic E-state index is 0.0639. The van der Waals surface area contributed by atoms with E-state index in [1.165, 1.54) is 0 Å². The number of amides is 2. The zero-order valence-corrected chi connectivity index (χ0v) is 6.99. The monoisotopic (exact) mass is 174 g/mol. The lowest BCUT2D eigenvalue weighted by atomic mass is 9.98. The van der Waals surface area contributed by atoms with Crippen LogP contribution in [-0.4, -0.2) is 23.0 Å². The van der Waals surface area contributed by atoms with Crippen molar-refractivity contribution in [2.75, 3.05) is 0 Å². The summed E-state index contributed by atoms with van der Waals surface area (Å²) in [4.78, 5) is 20.7. The molecule has 0 spiro atoms. The molecule has 0 unspecified atom stereocenters. The van der Waals surface area contributed by atoms with E-state index in [9.17, 15) is 14.7 Å². The van der Waals surface area contributed by atoms with E-state index in [0.717, 1.165) is 0 Å². The van der Waals surface area contributed by atoms with E-state index in [4.69, 9.17) is 11.5 Å². The van der Waals surface area contributed by atoms with Crippen LogP contribution in [0.2, 0.25) is 0 Å². The molecule has 0 saturated heterocycles. The van der Waals surface area contributed by atoms with Gasteiger partial charge in [-0.1, -0.05) is 6.92 Å². The first-order valence-electron chi connectivity index (χ1n) is 3.68. The van der Waals surface area contributed by atoms with Gasteiger partial charge in [0, 0.05) is 6.42 Å². The highest BCUT2D eigenvalue weighted by molar-refractivity contribution is 5.75. The summed E-state index contributed by atoms with van der Waals surface area (Å²) < 4.78 is 0. The molecule has 12 heavy (non-hydrogen) atoms. The summed E-state index contributed by atoms with van der Waals surface area (Å²) in [6, 6.07) is 0. The van der Waals surface area contributed by atoms with Crippen LogP contribution >= 0.6 is 0 Å². The summed E-state index contributed by atoms with van der Waals surface area (Å²) in [5.41, 5.74) is 9.74. The highest BCUT2D eigenvalue weighted by atomic mass is 16.3. The molecule has 0 aliphatic rings. The van der Waals surface area contributed by atoms with Gasteiger partial charge < -0.3 is 16.6 Å². The van der Waals surface area contributed by atoms with E-state index in [0.29, 0.717) is 0 Å². The number of carbonyl (C=O) groups is 2. The van der Waals surface area contributed by atoms with E-state index >= 15 is 0 Å². The minimum Gasteiger partial charge on any atom is -0.392 e. The van der Waals surface area contributed by atoms with Crippen LogP contribution < -0.4 is 11.5 Å². The molecule has 70 valence electrons. The van der Waals surface area contributed by atoms with Gasteiger partial charge in [-0.3, -0.25) is 9.59 Å². The van der Waals surface area contributed by atoms with Crippen molar-refractivity contribution in [3.8, 4) is 0 Å². The van der Waals surface area contributed by atoms with E-state index in [2.05, 4.69) is 0 Å². The van der Waals surface area contributed by atoms with Crippen LogP contribution in [0.15, 0.2) is 0 Å². The number of aliphatic hydroxyl groups is 1.